The number of amides is 1. The van der Waals surface area contributed by atoms with Crippen LogP contribution in [0.15, 0.2) is 93.3 Å². The molecule has 29 heavy (non-hydrogen) atoms. The van der Waals surface area contributed by atoms with Crippen LogP contribution in [0.3, 0.4) is 0 Å². The first-order valence-corrected chi connectivity index (χ1v) is 10.8. The standard InChI is InChI=1S/C21H14BrN3O3S/c22-14-5-9-16(10-6-14)29(27,28)17-11-7-15(8-12-17)24-21(26)20-13-23-18-3-1-2-4-19(18)25-20/h1-13H,(H,24,26). The van der Waals surface area contributed by atoms with Crippen molar-refractivity contribution in [1.29, 1.82) is 0 Å². The Morgan fingerprint density at radius 1 is 0.828 bits per heavy atom. The zero-order valence-electron chi connectivity index (χ0n) is 14.9. The van der Waals surface area contributed by atoms with E-state index in [2.05, 4.69) is 31.2 Å². The summed E-state index contributed by atoms with van der Waals surface area (Å²) in [6.45, 7) is 0. The van der Waals surface area contributed by atoms with Crippen molar-refractivity contribution in [2.45, 2.75) is 9.79 Å². The molecule has 0 unspecified atom stereocenters. The number of rotatable bonds is 4. The third-order valence-corrected chi connectivity index (χ3v) is 6.54. The van der Waals surface area contributed by atoms with Crippen LogP contribution in [0, 0.1) is 0 Å². The molecule has 0 aliphatic rings. The molecule has 0 fully saturated rings. The van der Waals surface area contributed by atoms with E-state index in [1.807, 2.05) is 18.2 Å². The number of fused-ring (bicyclic) bond motifs is 1. The van der Waals surface area contributed by atoms with Gasteiger partial charge in [-0.05, 0) is 60.7 Å². The minimum absolute atomic E-state index is 0.142. The predicted molar refractivity (Wildman–Crippen MR) is 114 cm³/mol. The third kappa shape index (κ3) is 4.03. The number of carbonyl (C=O) groups is 1. The van der Waals surface area contributed by atoms with Crippen LogP contribution in [0.1, 0.15) is 10.5 Å². The number of anilines is 1. The zero-order chi connectivity index (χ0) is 20.4. The summed E-state index contributed by atoms with van der Waals surface area (Å²) in [4.78, 5) is 21.3. The Bertz CT molecular complexity index is 1310. The first kappa shape index (κ1) is 19.2. The second-order valence-electron chi connectivity index (χ2n) is 6.18. The smallest absolute Gasteiger partial charge is 0.275 e. The van der Waals surface area contributed by atoms with Gasteiger partial charge in [0.1, 0.15) is 5.69 Å². The van der Waals surface area contributed by atoms with Gasteiger partial charge in [-0.1, -0.05) is 28.1 Å². The average molecular weight is 468 g/mol. The van der Waals surface area contributed by atoms with Crippen LogP contribution in [0.25, 0.3) is 11.0 Å². The van der Waals surface area contributed by atoms with E-state index in [0.29, 0.717) is 16.7 Å². The number of benzene rings is 3. The number of hydrogen-bond acceptors (Lipinski definition) is 5. The van der Waals surface area contributed by atoms with Crippen molar-refractivity contribution >= 4 is 48.4 Å². The van der Waals surface area contributed by atoms with E-state index >= 15 is 0 Å². The molecule has 1 amide bonds. The Morgan fingerprint density at radius 2 is 1.41 bits per heavy atom. The van der Waals surface area contributed by atoms with Crippen molar-refractivity contribution in [3.8, 4) is 0 Å². The molecule has 0 aliphatic heterocycles. The van der Waals surface area contributed by atoms with Gasteiger partial charge in [-0.2, -0.15) is 0 Å². The first-order chi connectivity index (χ1) is 13.9. The number of halogens is 1. The molecule has 1 aromatic heterocycles. The number of nitrogens with one attached hydrogen (secondary N) is 1. The molecule has 6 nitrogen and oxygen atoms in total. The lowest BCUT2D eigenvalue weighted by atomic mass is 10.3. The van der Waals surface area contributed by atoms with E-state index in [1.54, 1.807) is 18.2 Å². The van der Waals surface area contributed by atoms with Crippen LogP contribution in [-0.4, -0.2) is 24.3 Å². The largest absolute Gasteiger partial charge is 0.321 e. The van der Waals surface area contributed by atoms with E-state index in [1.165, 1.54) is 42.6 Å². The average Bonchev–Trinajstić information content (AvgIpc) is 2.74. The van der Waals surface area contributed by atoms with Crippen LogP contribution in [0.2, 0.25) is 0 Å². The molecule has 8 heteroatoms. The molecular formula is C21H14BrN3O3S. The van der Waals surface area contributed by atoms with Crippen molar-refractivity contribution in [3.05, 3.63) is 89.2 Å². The number of sulfone groups is 1. The summed E-state index contributed by atoms with van der Waals surface area (Å²) >= 11 is 3.29. The highest BCUT2D eigenvalue weighted by atomic mass is 79.9. The van der Waals surface area contributed by atoms with Gasteiger partial charge in [0.2, 0.25) is 9.84 Å². The zero-order valence-corrected chi connectivity index (χ0v) is 17.3. The van der Waals surface area contributed by atoms with Gasteiger partial charge < -0.3 is 5.32 Å². The van der Waals surface area contributed by atoms with Gasteiger partial charge in [0.25, 0.3) is 5.91 Å². The highest BCUT2D eigenvalue weighted by Crippen LogP contribution is 2.24. The fraction of sp³-hybridized carbons (Fsp3) is 0. The molecular weight excluding hydrogens is 454 g/mol. The minimum Gasteiger partial charge on any atom is -0.321 e. The molecule has 0 saturated heterocycles. The van der Waals surface area contributed by atoms with Gasteiger partial charge in [0.05, 0.1) is 27.0 Å². The van der Waals surface area contributed by atoms with Gasteiger partial charge in [0, 0.05) is 10.2 Å². The lowest BCUT2D eigenvalue weighted by Gasteiger charge is -2.08. The van der Waals surface area contributed by atoms with E-state index in [-0.39, 0.29) is 15.5 Å². The number of nitrogens with zero attached hydrogens (tertiary/aromatic N) is 2. The van der Waals surface area contributed by atoms with Gasteiger partial charge in [-0.3, -0.25) is 9.78 Å². The van der Waals surface area contributed by atoms with Crippen molar-refractivity contribution < 1.29 is 13.2 Å². The van der Waals surface area contributed by atoms with Crippen LogP contribution in [-0.2, 0) is 9.84 Å². The van der Waals surface area contributed by atoms with E-state index in [0.717, 1.165) is 4.47 Å². The lowest BCUT2D eigenvalue weighted by Crippen LogP contribution is -2.14. The second-order valence-corrected chi connectivity index (χ2v) is 9.05. The van der Waals surface area contributed by atoms with Crippen molar-refractivity contribution in [2.24, 2.45) is 0 Å². The lowest BCUT2D eigenvalue weighted by molar-refractivity contribution is 0.102. The Hall–Kier alpha value is -3.10. The Morgan fingerprint density at radius 3 is 2.07 bits per heavy atom. The Kier molecular flexibility index (Phi) is 5.12. The van der Waals surface area contributed by atoms with E-state index in [4.69, 9.17) is 0 Å². The summed E-state index contributed by atoms with van der Waals surface area (Å²) < 4.78 is 26.2. The van der Waals surface area contributed by atoms with Gasteiger partial charge >= 0.3 is 0 Å². The molecule has 0 atom stereocenters. The molecule has 0 spiro atoms. The highest BCUT2D eigenvalue weighted by Gasteiger charge is 2.18. The summed E-state index contributed by atoms with van der Waals surface area (Å²) in [6, 6.07) is 19.7. The summed E-state index contributed by atoms with van der Waals surface area (Å²) in [5.41, 5.74) is 1.96. The number of carbonyl (C=O) groups excluding carboxylic acids is 1. The molecule has 4 rings (SSSR count). The van der Waals surface area contributed by atoms with Gasteiger partial charge in [0.15, 0.2) is 0 Å². The van der Waals surface area contributed by atoms with Crippen molar-refractivity contribution in [2.75, 3.05) is 5.32 Å². The molecule has 4 aromatic rings. The molecule has 0 aliphatic carbocycles. The van der Waals surface area contributed by atoms with Crippen LogP contribution in [0.4, 0.5) is 5.69 Å². The molecule has 0 saturated carbocycles. The SMILES string of the molecule is O=C(Nc1ccc(S(=O)(=O)c2ccc(Br)cc2)cc1)c1cnc2ccccc2n1. The van der Waals surface area contributed by atoms with Crippen molar-refractivity contribution in [3.63, 3.8) is 0 Å². The number of hydrogen-bond donors (Lipinski definition) is 1. The van der Waals surface area contributed by atoms with Crippen LogP contribution in [0.5, 0.6) is 0 Å². The quantitative estimate of drug-likeness (QED) is 0.477. The Labute approximate surface area is 175 Å². The van der Waals surface area contributed by atoms with Crippen molar-refractivity contribution in [1.82, 2.24) is 9.97 Å². The molecule has 0 bridgehead atoms. The summed E-state index contributed by atoms with van der Waals surface area (Å²) in [7, 11) is -3.63. The molecule has 1 N–H and O–H groups in total. The van der Waals surface area contributed by atoms with E-state index < -0.39 is 15.7 Å². The number of para-hydroxylation sites is 2. The first-order valence-electron chi connectivity index (χ1n) is 8.57. The fourth-order valence-electron chi connectivity index (χ4n) is 2.73. The van der Waals surface area contributed by atoms with Gasteiger partial charge in [-0.15, -0.1) is 0 Å². The minimum atomic E-state index is -3.63. The summed E-state index contributed by atoms with van der Waals surface area (Å²) in [6.07, 6.45) is 1.41. The maximum Gasteiger partial charge on any atom is 0.275 e. The monoisotopic (exact) mass is 467 g/mol. The fourth-order valence-corrected chi connectivity index (χ4v) is 4.25. The topological polar surface area (TPSA) is 89.0 Å². The highest BCUT2D eigenvalue weighted by molar-refractivity contribution is 9.10. The van der Waals surface area contributed by atoms with Crippen LogP contribution >= 0.6 is 15.9 Å². The Balaban J connectivity index is 1.54. The maximum absolute atomic E-state index is 12.7. The third-order valence-electron chi connectivity index (χ3n) is 4.23. The maximum atomic E-state index is 12.7. The summed E-state index contributed by atoms with van der Waals surface area (Å²) in [5, 5.41) is 2.71. The molecule has 3 aromatic carbocycles. The summed E-state index contributed by atoms with van der Waals surface area (Å²) in [5.74, 6) is -0.424. The van der Waals surface area contributed by atoms with Crippen LogP contribution < -0.4 is 5.32 Å². The predicted octanol–water partition coefficient (Wildman–Crippen LogP) is 4.48. The molecule has 144 valence electrons. The normalized spacial score (nSPS) is 11.3. The van der Waals surface area contributed by atoms with Gasteiger partial charge in [-0.25, -0.2) is 13.4 Å². The van der Waals surface area contributed by atoms with E-state index in [9.17, 15) is 13.2 Å². The molecule has 1 heterocycles. The number of aromatic nitrogens is 2. The molecule has 0 radical (unpaired) electrons. The second kappa shape index (κ2) is 7.73.